The van der Waals surface area contributed by atoms with Crippen molar-refractivity contribution >= 4 is 27.8 Å². The zero-order valence-corrected chi connectivity index (χ0v) is 19.3. The van der Waals surface area contributed by atoms with Crippen molar-refractivity contribution in [2.75, 3.05) is 6.54 Å². The first-order chi connectivity index (χ1) is 18.0. The van der Waals surface area contributed by atoms with Crippen LogP contribution in [0, 0.1) is 5.82 Å². The van der Waals surface area contributed by atoms with Crippen LogP contribution < -0.4 is 4.74 Å². The molecular formula is C27H19F3N4O3. The van der Waals surface area contributed by atoms with Crippen LogP contribution >= 0.6 is 0 Å². The van der Waals surface area contributed by atoms with Gasteiger partial charge in [-0.3, -0.25) is 9.78 Å². The van der Waals surface area contributed by atoms with E-state index in [1.54, 1.807) is 53.8 Å². The van der Waals surface area contributed by atoms with Crippen molar-refractivity contribution in [2.24, 2.45) is 0 Å². The number of likely N-dealkylation sites (tertiary alicyclic amines) is 1. The summed E-state index contributed by atoms with van der Waals surface area (Å²) in [7, 11) is 0. The molecule has 0 spiro atoms. The normalized spacial score (nSPS) is 15.8. The molecule has 5 aromatic rings. The minimum absolute atomic E-state index is 0.0873. The van der Waals surface area contributed by atoms with Crippen molar-refractivity contribution in [1.82, 2.24) is 19.9 Å². The first-order valence-corrected chi connectivity index (χ1v) is 11.6. The molecule has 1 aliphatic rings. The van der Waals surface area contributed by atoms with Gasteiger partial charge < -0.3 is 14.1 Å². The molecule has 0 aliphatic carbocycles. The number of hydrogen-bond acceptors (Lipinski definition) is 6. The van der Waals surface area contributed by atoms with E-state index in [4.69, 9.17) is 4.42 Å². The Morgan fingerprint density at radius 1 is 1.11 bits per heavy atom. The van der Waals surface area contributed by atoms with Crippen LogP contribution in [0.3, 0.4) is 0 Å². The largest absolute Gasteiger partial charge is 0.451 e. The third-order valence-corrected chi connectivity index (χ3v) is 6.53. The number of hydrogen-bond donors (Lipinski definition) is 0. The highest BCUT2D eigenvalue weighted by Crippen LogP contribution is 2.42. The molecule has 0 saturated carbocycles. The second kappa shape index (κ2) is 9.20. The number of fused-ring (bicyclic) bond motifs is 3. The molecular weight excluding hydrogens is 485 g/mol. The van der Waals surface area contributed by atoms with Crippen LogP contribution in [0.25, 0.3) is 33.3 Å². The number of benzene rings is 2. The number of rotatable bonds is 6. The van der Waals surface area contributed by atoms with E-state index in [1.165, 1.54) is 18.3 Å². The minimum Gasteiger partial charge on any atom is -0.451 e. The van der Waals surface area contributed by atoms with Gasteiger partial charge in [0.2, 0.25) is 5.91 Å². The molecule has 37 heavy (non-hydrogen) atoms. The summed E-state index contributed by atoms with van der Waals surface area (Å²) >= 11 is 0. The van der Waals surface area contributed by atoms with E-state index in [1.807, 2.05) is 0 Å². The van der Waals surface area contributed by atoms with Crippen molar-refractivity contribution in [3.63, 3.8) is 0 Å². The van der Waals surface area contributed by atoms with E-state index in [0.29, 0.717) is 39.9 Å². The van der Waals surface area contributed by atoms with Gasteiger partial charge in [-0.25, -0.2) is 14.4 Å². The lowest BCUT2D eigenvalue weighted by Crippen LogP contribution is -2.25. The van der Waals surface area contributed by atoms with E-state index in [9.17, 15) is 18.0 Å². The van der Waals surface area contributed by atoms with E-state index in [0.717, 1.165) is 5.56 Å². The number of aromatic nitrogens is 3. The minimum atomic E-state index is -3.02. The summed E-state index contributed by atoms with van der Waals surface area (Å²) in [6, 6.07) is 11.2. The molecule has 10 heteroatoms. The Morgan fingerprint density at radius 3 is 2.73 bits per heavy atom. The molecule has 3 aromatic heterocycles. The number of carbonyl (C=O) groups is 1. The Labute approximate surface area is 208 Å². The molecule has 0 N–H and O–H groups in total. The molecule has 0 bridgehead atoms. The Morgan fingerprint density at radius 2 is 1.95 bits per heavy atom. The predicted octanol–water partition coefficient (Wildman–Crippen LogP) is 5.69. The number of alkyl halides is 2. The predicted molar refractivity (Wildman–Crippen MR) is 128 cm³/mol. The van der Waals surface area contributed by atoms with E-state index in [-0.39, 0.29) is 36.1 Å². The zero-order valence-electron chi connectivity index (χ0n) is 19.3. The third-order valence-electron chi connectivity index (χ3n) is 6.53. The fraction of sp³-hybridized carbons (Fsp3) is 0.185. The third kappa shape index (κ3) is 4.24. The molecule has 1 aliphatic heterocycles. The van der Waals surface area contributed by atoms with Gasteiger partial charge in [0.1, 0.15) is 5.82 Å². The molecule has 1 atom stereocenters. The Bertz CT molecular complexity index is 1620. The van der Waals surface area contributed by atoms with Gasteiger partial charge in [0.05, 0.1) is 6.20 Å². The van der Waals surface area contributed by atoms with Crippen LogP contribution in [0.1, 0.15) is 23.5 Å². The summed E-state index contributed by atoms with van der Waals surface area (Å²) in [5.74, 6) is -0.503. The zero-order chi connectivity index (χ0) is 25.5. The Kier molecular flexibility index (Phi) is 5.71. The van der Waals surface area contributed by atoms with Crippen molar-refractivity contribution in [3.05, 3.63) is 84.2 Å². The van der Waals surface area contributed by atoms with Gasteiger partial charge in [0, 0.05) is 65.9 Å². The van der Waals surface area contributed by atoms with Crippen LogP contribution in [0.15, 0.2) is 71.7 Å². The number of amides is 1. The highest BCUT2D eigenvalue weighted by Gasteiger charge is 2.33. The molecule has 186 valence electrons. The van der Waals surface area contributed by atoms with Crippen molar-refractivity contribution in [1.29, 1.82) is 0 Å². The van der Waals surface area contributed by atoms with Crippen LogP contribution in [0.4, 0.5) is 13.2 Å². The van der Waals surface area contributed by atoms with Crippen LogP contribution in [-0.4, -0.2) is 38.9 Å². The van der Waals surface area contributed by atoms with Crippen LogP contribution in [0.5, 0.6) is 5.75 Å². The van der Waals surface area contributed by atoms with Gasteiger partial charge in [0.25, 0.3) is 0 Å². The first kappa shape index (κ1) is 23.0. The number of furan rings is 1. The summed E-state index contributed by atoms with van der Waals surface area (Å²) in [5, 5.41) is 1.30. The second-order valence-electron chi connectivity index (χ2n) is 8.76. The average molecular weight is 504 g/mol. The maximum atomic E-state index is 14.9. The highest BCUT2D eigenvalue weighted by molar-refractivity contribution is 6.08. The highest BCUT2D eigenvalue weighted by atomic mass is 19.3. The fourth-order valence-corrected chi connectivity index (χ4v) is 4.87. The van der Waals surface area contributed by atoms with Crippen molar-refractivity contribution in [3.8, 4) is 17.1 Å². The summed E-state index contributed by atoms with van der Waals surface area (Å²) in [6.07, 6.45) is 6.45. The molecule has 1 saturated heterocycles. The molecule has 0 radical (unpaired) electrons. The van der Waals surface area contributed by atoms with Crippen molar-refractivity contribution < 1.29 is 27.1 Å². The monoisotopic (exact) mass is 504 g/mol. The average Bonchev–Trinajstić information content (AvgIpc) is 3.47. The number of nitrogens with zero attached hydrogens (tertiary/aromatic N) is 4. The number of carbonyl (C=O) groups excluding carboxylic acids is 1. The Hall–Kier alpha value is -4.47. The fourth-order valence-electron chi connectivity index (χ4n) is 4.87. The molecule has 6 rings (SSSR count). The smallest absolute Gasteiger partial charge is 0.387 e. The maximum Gasteiger partial charge on any atom is 0.387 e. The number of ether oxygens (including phenoxy) is 1. The summed E-state index contributed by atoms with van der Waals surface area (Å²) in [5.41, 5.74) is 2.29. The number of pyridine rings is 1. The molecule has 2 aromatic carbocycles. The molecule has 1 unspecified atom stereocenters. The van der Waals surface area contributed by atoms with Crippen LogP contribution in [0.2, 0.25) is 0 Å². The summed E-state index contributed by atoms with van der Waals surface area (Å²) in [6.45, 7) is -2.58. The number of halogens is 3. The van der Waals surface area contributed by atoms with E-state index >= 15 is 0 Å². The lowest BCUT2D eigenvalue weighted by molar-refractivity contribution is -0.128. The SMILES string of the molecule is O=C1CC(c2ccc(OC(F)F)c3oc4cnccc4c23)CN1Cc1ccc(-c2ncccn2)cc1F. The van der Waals surface area contributed by atoms with Gasteiger partial charge in [-0.05, 0) is 29.8 Å². The summed E-state index contributed by atoms with van der Waals surface area (Å²) in [4.78, 5) is 26.9. The first-order valence-electron chi connectivity index (χ1n) is 11.6. The Balaban J connectivity index is 1.30. The molecule has 7 nitrogen and oxygen atoms in total. The van der Waals surface area contributed by atoms with Gasteiger partial charge in [-0.1, -0.05) is 18.2 Å². The van der Waals surface area contributed by atoms with Gasteiger partial charge >= 0.3 is 6.61 Å². The second-order valence-corrected chi connectivity index (χ2v) is 8.76. The molecule has 4 heterocycles. The van der Waals surface area contributed by atoms with Crippen LogP contribution in [-0.2, 0) is 11.3 Å². The van der Waals surface area contributed by atoms with Gasteiger partial charge in [-0.2, -0.15) is 8.78 Å². The lowest BCUT2D eigenvalue weighted by Gasteiger charge is -2.18. The lowest BCUT2D eigenvalue weighted by atomic mass is 9.93. The topological polar surface area (TPSA) is 81.4 Å². The van der Waals surface area contributed by atoms with E-state index in [2.05, 4.69) is 19.7 Å². The van der Waals surface area contributed by atoms with E-state index < -0.39 is 12.4 Å². The molecule has 1 amide bonds. The quantitative estimate of drug-likeness (QED) is 0.295. The molecule has 1 fully saturated rings. The van der Waals surface area contributed by atoms with Gasteiger partial charge in [0.15, 0.2) is 22.7 Å². The van der Waals surface area contributed by atoms with Crippen molar-refractivity contribution in [2.45, 2.75) is 25.5 Å². The van der Waals surface area contributed by atoms with Gasteiger partial charge in [-0.15, -0.1) is 0 Å². The maximum absolute atomic E-state index is 14.9. The summed E-state index contributed by atoms with van der Waals surface area (Å²) < 4.78 is 51.4. The standard InChI is InChI=1S/C27H19F3N4O3/c28-20-10-15(26-32-7-1-8-33-26)2-3-16(20)13-34-14-17(11-23(34)35)18-4-5-21(37-27(29)30)25-24(18)19-6-9-31-12-22(19)36-25/h1-10,12,17,27H,11,13-14H2.